The van der Waals surface area contributed by atoms with Gasteiger partial charge in [0.1, 0.15) is 0 Å². The molecule has 1 rings (SSSR count). The fraction of sp³-hybridized carbons (Fsp3) is 0.385. The van der Waals surface area contributed by atoms with Crippen molar-refractivity contribution in [1.82, 2.24) is 4.31 Å². The Hall–Kier alpha value is -1.98. The van der Waals surface area contributed by atoms with Gasteiger partial charge in [0, 0.05) is 12.6 Å². The number of rotatable bonds is 6. The summed E-state index contributed by atoms with van der Waals surface area (Å²) in [4.78, 5) is 9.51. The Morgan fingerprint density at radius 2 is 2.10 bits per heavy atom. The number of nitro groups is 1. The van der Waals surface area contributed by atoms with Gasteiger partial charge >= 0.3 is 5.69 Å². The Morgan fingerprint density at radius 3 is 2.57 bits per heavy atom. The zero-order valence-electron chi connectivity index (χ0n) is 11.7. The molecule has 0 unspecified atom stereocenters. The van der Waals surface area contributed by atoms with Crippen LogP contribution in [0, 0.1) is 35.2 Å². The van der Waals surface area contributed by atoms with E-state index in [1.54, 1.807) is 6.92 Å². The fourth-order valence-electron chi connectivity index (χ4n) is 1.78. The Balaban J connectivity index is 3.44. The highest BCUT2D eigenvalue weighted by molar-refractivity contribution is 7.89. The minimum atomic E-state index is -4.00. The Morgan fingerprint density at radius 1 is 1.48 bits per heavy atom. The number of benzene rings is 1. The van der Waals surface area contributed by atoms with E-state index in [0.29, 0.717) is 6.42 Å². The van der Waals surface area contributed by atoms with Crippen molar-refractivity contribution in [1.29, 1.82) is 0 Å². The number of terminal acetylenes is 1. The molecular weight excluding hydrogens is 299 g/mol. The van der Waals surface area contributed by atoms with Gasteiger partial charge in [-0.2, -0.15) is 8.70 Å². The number of aryl methyl sites for hydroxylation is 1. The second-order valence-electron chi connectivity index (χ2n) is 4.37. The molecule has 0 fully saturated rings. The van der Waals surface area contributed by atoms with Crippen LogP contribution >= 0.6 is 0 Å². The van der Waals surface area contributed by atoms with Crippen LogP contribution in [0.2, 0.25) is 0 Å². The van der Waals surface area contributed by atoms with E-state index in [-0.39, 0.29) is 23.5 Å². The van der Waals surface area contributed by atoms with Crippen molar-refractivity contribution in [2.75, 3.05) is 13.1 Å². The van der Waals surface area contributed by atoms with E-state index in [9.17, 15) is 22.9 Å². The Labute approximate surface area is 122 Å². The van der Waals surface area contributed by atoms with Gasteiger partial charge in [-0.05, 0) is 25.0 Å². The number of sulfonamides is 1. The summed E-state index contributed by atoms with van der Waals surface area (Å²) in [6, 6.07) is 1.79. The van der Waals surface area contributed by atoms with Crippen LogP contribution in [0.15, 0.2) is 17.0 Å². The summed E-state index contributed by atoms with van der Waals surface area (Å²) in [7, 11) is -4.00. The molecule has 21 heavy (non-hydrogen) atoms. The van der Waals surface area contributed by atoms with Crippen molar-refractivity contribution in [3.8, 4) is 12.3 Å². The molecular formula is C13H15FN2O4S. The molecule has 0 heterocycles. The van der Waals surface area contributed by atoms with Gasteiger partial charge in [0.15, 0.2) is 0 Å². The molecule has 0 N–H and O–H groups in total. The third-order valence-electron chi connectivity index (χ3n) is 2.78. The van der Waals surface area contributed by atoms with Gasteiger partial charge < -0.3 is 0 Å². The highest BCUT2D eigenvalue weighted by Gasteiger charge is 2.28. The molecule has 114 valence electrons. The van der Waals surface area contributed by atoms with Crippen LogP contribution in [-0.4, -0.2) is 30.7 Å². The first-order chi connectivity index (χ1) is 9.75. The molecule has 8 heteroatoms. The first-order valence-electron chi connectivity index (χ1n) is 6.13. The predicted molar refractivity (Wildman–Crippen MR) is 75.7 cm³/mol. The van der Waals surface area contributed by atoms with Crippen molar-refractivity contribution in [3.63, 3.8) is 0 Å². The molecule has 1 aromatic rings. The van der Waals surface area contributed by atoms with Crippen molar-refractivity contribution in [2.45, 2.75) is 25.2 Å². The third kappa shape index (κ3) is 3.56. The van der Waals surface area contributed by atoms with Crippen LogP contribution in [0.25, 0.3) is 0 Å². The molecule has 0 bridgehead atoms. The largest absolute Gasteiger partial charge is 0.306 e. The van der Waals surface area contributed by atoms with E-state index in [1.807, 2.05) is 0 Å². The van der Waals surface area contributed by atoms with Gasteiger partial charge in [-0.1, -0.05) is 12.8 Å². The molecule has 0 spiro atoms. The summed E-state index contributed by atoms with van der Waals surface area (Å²) in [5.41, 5.74) is -0.981. The van der Waals surface area contributed by atoms with Crippen molar-refractivity contribution < 1.29 is 17.7 Å². The van der Waals surface area contributed by atoms with Crippen LogP contribution in [0.5, 0.6) is 0 Å². The van der Waals surface area contributed by atoms with Gasteiger partial charge in [-0.3, -0.25) is 10.1 Å². The Bertz CT molecular complexity index is 695. The van der Waals surface area contributed by atoms with Gasteiger partial charge in [0.05, 0.1) is 16.4 Å². The summed E-state index contributed by atoms with van der Waals surface area (Å²) in [5.74, 6) is 1.19. The summed E-state index contributed by atoms with van der Waals surface area (Å²) in [6.45, 7) is 3.07. The molecule has 0 atom stereocenters. The number of hydrogen-bond acceptors (Lipinski definition) is 4. The molecule has 0 radical (unpaired) electrons. The van der Waals surface area contributed by atoms with E-state index in [1.165, 1.54) is 6.92 Å². The number of nitrogens with zero attached hydrogens (tertiary/aromatic N) is 2. The smallest absolute Gasteiger partial charge is 0.258 e. The maximum Gasteiger partial charge on any atom is 0.306 e. The second kappa shape index (κ2) is 6.65. The molecule has 1 aromatic carbocycles. The summed E-state index contributed by atoms with van der Waals surface area (Å²) >= 11 is 0. The van der Waals surface area contributed by atoms with Gasteiger partial charge in [0.25, 0.3) is 0 Å². The van der Waals surface area contributed by atoms with Crippen molar-refractivity contribution in [3.05, 3.63) is 33.6 Å². The molecule has 0 aliphatic carbocycles. The average Bonchev–Trinajstić information content (AvgIpc) is 2.40. The molecule has 0 aromatic heterocycles. The lowest BCUT2D eigenvalue weighted by molar-refractivity contribution is -0.387. The van der Waals surface area contributed by atoms with Crippen LogP contribution in [-0.2, 0) is 10.0 Å². The number of nitro benzene ring substituents is 1. The topological polar surface area (TPSA) is 80.5 Å². The maximum atomic E-state index is 13.6. The quantitative estimate of drug-likeness (QED) is 0.457. The normalized spacial score (nSPS) is 11.4. The van der Waals surface area contributed by atoms with Gasteiger partial charge in [-0.25, -0.2) is 8.42 Å². The van der Waals surface area contributed by atoms with E-state index in [2.05, 4.69) is 5.92 Å². The molecule has 6 nitrogen and oxygen atoms in total. The summed E-state index contributed by atoms with van der Waals surface area (Å²) in [6.07, 6.45) is 5.67. The second-order valence-corrected chi connectivity index (χ2v) is 6.31. The monoisotopic (exact) mass is 314 g/mol. The average molecular weight is 314 g/mol. The number of halogens is 1. The van der Waals surface area contributed by atoms with E-state index in [0.717, 1.165) is 16.4 Å². The Kier molecular flexibility index (Phi) is 5.41. The van der Waals surface area contributed by atoms with Gasteiger partial charge in [-0.15, -0.1) is 6.42 Å². The van der Waals surface area contributed by atoms with E-state index < -0.39 is 26.5 Å². The van der Waals surface area contributed by atoms with E-state index in [4.69, 9.17) is 6.42 Å². The lowest BCUT2D eigenvalue weighted by Crippen LogP contribution is -2.32. The zero-order chi connectivity index (χ0) is 16.2. The van der Waals surface area contributed by atoms with Crippen LogP contribution in [0.3, 0.4) is 0 Å². The first kappa shape index (κ1) is 17.1. The van der Waals surface area contributed by atoms with Gasteiger partial charge in [0.2, 0.25) is 15.8 Å². The standard InChI is InChI=1S/C13H15FN2O4S/c1-4-6-15(7-5-2)21(19,20)11-8-10(3)13(14)12(9-11)16(17)18/h1,8-9H,5-7H2,2-3H3. The molecule has 0 aliphatic heterocycles. The fourth-order valence-corrected chi connectivity index (χ4v) is 3.34. The first-order valence-corrected chi connectivity index (χ1v) is 7.57. The zero-order valence-corrected chi connectivity index (χ0v) is 12.5. The molecule has 0 saturated carbocycles. The predicted octanol–water partition coefficient (Wildman–Crippen LogP) is 2.08. The van der Waals surface area contributed by atoms with Crippen LogP contribution in [0.1, 0.15) is 18.9 Å². The number of hydrogen-bond donors (Lipinski definition) is 0. The molecule has 0 saturated heterocycles. The van der Waals surface area contributed by atoms with E-state index >= 15 is 0 Å². The maximum absolute atomic E-state index is 13.6. The minimum absolute atomic E-state index is 0.111. The van der Waals surface area contributed by atoms with Crippen molar-refractivity contribution >= 4 is 15.7 Å². The summed E-state index contributed by atoms with van der Waals surface area (Å²) in [5, 5.41) is 10.8. The minimum Gasteiger partial charge on any atom is -0.258 e. The summed E-state index contributed by atoms with van der Waals surface area (Å²) < 4.78 is 39.5. The highest BCUT2D eigenvalue weighted by Crippen LogP contribution is 2.27. The van der Waals surface area contributed by atoms with Crippen LogP contribution in [0.4, 0.5) is 10.1 Å². The molecule has 0 amide bonds. The highest BCUT2D eigenvalue weighted by atomic mass is 32.2. The van der Waals surface area contributed by atoms with Crippen LogP contribution < -0.4 is 0 Å². The molecule has 0 aliphatic rings. The SMILES string of the molecule is C#CCN(CCC)S(=O)(=O)c1cc(C)c(F)c([N+](=O)[O-])c1. The third-order valence-corrected chi connectivity index (χ3v) is 4.61. The lowest BCUT2D eigenvalue weighted by atomic mass is 10.2. The van der Waals surface area contributed by atoms with Crippen molar-refractivity contribution in [2.24, 2.45) is 0 Å². The lowest BCUT2D eigenvalue weighted by Gasteiger charge is -2.19.